The molecule has 4 atom stereocenters. The fourth-order valence-electron chi connectivity index (χ4n) is 4.71. The Kier molecular flexibility index (Phi) is 5.45. The Morgan fingerprint density at radius 1 is 1.17 bits per heavy atom. The van der Waals surface area contributed by atoms with Crippen LogP contribution in [0.1, 0.15) is 44.2 Å². The first-order valence-corrected chi connectivity index (χ1v) is 10.3. The monoisotopic (exact) mass is 400 g/mol. The van der Waals surface area contributed by atoms with Crippen LogP contribution in [0.25, 0.3) is 0 Å². The second-order valence-corrected chi connectivity index (χ2v) is 8.09. The minimum atomic E-state index is -0.807. The van der Waals surface area contributed by atoms with Gasteiger partial charge in [-0.3, -0.25) is 14.4 Å². The number of carbonyl (C=O) groups is 3. The first-order valence-electron chi connectivity index (χ1n) is 10.3. The Morgan fingerprint density at radius 2 is 1.97 bits per heavy atom. The fourth-order valence-corrected chi connectivity index (χ4v) is 4.71. The number of benzene rings is 1. The molecule has 156 valence electrons. The summed E-state index contributed by atoms with van der Waals surface area (Å²) in [5, 5.41) is 3.13. The van der Waals surface area contributed by atoms with Gasteiger partial charge in [0.1, 0.15) is 17.8 Å². The SMILES string of the molecule is CC(=O)N1CC[C@H]2CC[C@@H](C(=O)N[C@@H]3CCOc4ccccc43)N2C(=O)[C@@H](N)C1. The standard InChI is InChI=1S/C21H28N4O4/c1-13(26)24-10-8-14-6-7-18(25(14)21(28)16(22)12-24)20(27)23-17-9-11-29-19-5-3-2-4-15(17)19/h2-5,14,16-18H,6-12,22H2,1H3,(H,23,27)/t14-,16+,17-,18+/m1/s1. The molecule has 2 fully saturated rings. The van der Waals surface area contributed by atoms with Gasteiger partial charge in [0.25, 0.3) is 0 Å². The van der Waals surface area contributed by atoms with Gasteiger partial charge in [-0.1, -0.05) is 18.2 Å². The molecular weight excluding hydrogens is 372 g/mol. The number of nitrogens with zero attached hydrogens (tertiary/aromatic N) is 2. The number of hydrogen-bond donors (Lipinski definition) is 2. The van der Waals surface area contributed by atoms with Gasteiger partial charge in [0.2, 0.25) is 17.7 Å². The van der Waals surface area contributed by atoms with Crippen molar-refractivity contribution in [2.75, 3.05) is 19.7 Å². The lowest BCUT2D eigenvalue weighted by Gasteiger charge is -2.37. The van der Waals surface area contributed by atoms with Crippen LogP contribution in [0.5, 0.6) is 5.75 Å². The molecule has 3 amide bonds. The molecule has 1 aromatic carbocycles. The lowest BCUT2D eigenvalue weighted by atomic mass is 10.00. The third-order valence-electron chi connectivity index (χ3n) is 6.25. The van der Waals surface area contributed by atoms with Crippen LogP contribution in [-0.4, -0.2) is 65.3 Å². The molecule has 0 saturated carbocycles. The van der Waals surface area contributed by atoms with Crippen molar-refractivity contribution in [3.05, 3.63) is 29.8 Å². The van der Waals surface area contributed by atoms with E-state index in [9.17, 15) is 14.4 Å². The highest BCUT2D eigenvalue weighted by atomic mass is 16.5. The van der Waals surface area contributed by atoms with E-state index in [4.69, 9.17) is 10.5 Å². The number of para-hydroxylation sites is 1. The number of amides is 3. The summed E-state index contributed by atoms with van der Waals surface area (Å²) in [7, 11) is 0. The van der Waals surface area contributed by atoms with Crippen molar-refractivity contribution in [3.63, 3.8) is 0 Å². The van der Waals surface area contributed by atoms with E-state index in [1.54, 1.807) is 9.80 Å². The summed E-state index contributed by atoms with van der Waals surface area (Å²) in [6.45, 7) is 2.79. The maximum absolute atomic E-state index is 13.2. The lowest BCUT2D eigenvalue weighted by Crippen LogP contribution is -2.59. The molecular formula is C21H28N4O4. The second-order valence-electron chi connectivity index (χ2n) is 8.09. The number of nitrogens with two attached hydrogens (primary N) is 1. The van der Waals surface area contributed by atoms with Gasteiger partial charge in [0.05, 0.1) is 12.6 Å². The zero-order chi connectivity index (χ0) is 20.5. The maximum atomic E-state index is 13.2. The first-order chi connectivity index (χ1) is 14.0. The molecule has 3 aliphatic rings. The Labute approximate surface area is 170 Å². The van der Waals surface area contributed by atoms with Gasteiger partial charge in [-0.05, 0) is 25.3 Å². The van der Waals surface area contributed by atoms with Crippen LogP contribution < -0.4 is 15.8 Å². The summed E-state index contributed by atoms with van der Waals surface area (Å²) < 4.78 is 5.67. The third-order valence-corrected chi connectivity index (χ3v) is 6.25. The zero-order valence-electron chi connectivity index (χ0n) is 16.7. The summed E-state index contributed by atoms with van der Waals surface area (Å²) >= 11 is 0. The van der Waals surface area contributed by atoms with E-state index in [0.717, 1.165) is 17.7 Å². The molecule has 3 heterocycles. The minimum absolute atomic E-state index is 0.0616. The Bertz CT molecular complexity index is 814. The quantitative estimate of drug-likeness (QED) is 0.755. The van der Waals surface area contributed by atoms with Crippen molar-refractivity contribution in [1.82, 2.24) is 15.1 Å². The van der Waals surface area contributed by atoms with Crippen LogP contribution in [0.15, 0.2) is 24.3 Å². The molecule has 0 radical (unpaired) electrons. The van der Waals surface area contributed by atoms with Crippen LogP contribution in [0.3, 0.4) is 0 Å². The Morgan fingerprint density at radius 3 is 2.76 bits per heavy atom. The number of ether oxygens (including phenoxy) is 1. The van der Waals surface area contributed by atoms with E-state index >= 15 is 0 Å². The van der Waals surface area contributed by atoms with Crippen molar-refractivity contribution in [2.24, 2.45) is 5.73 Å². The van der Waals surface area contributed by atoms with E-state index in [1.165, 1.54) is 6.92 Å². The van der Waals surface area contributed by atoms with E-state index < -0.39 is 12.1 Å². The normalized spacial score (nSPS) is 29.2. The van der Waals surface area contributed by atoms with Gasteiger partial charge in [0.15, 0.2) is 0 Å². The summed E-state index contributed by atoms with van der Waals surface area (Å²) in [4.78, 5) is 41.3. The van der Waals surface area contributed by atoms with Crippen LogP contribution in [0, 0.1) is 0 Å². The van der Waals surface area contributed by atoms with Crippen molar-refractivity contribution in [2.45, 2.75) is 56.8 Å². The molecule has 0 aromatic heterocycles. The molecule has 2 saturated heterocycles. The number of rotatable bonds is 2. The highest BCUT2D eigenvalue weighted by molar-refractivity contribution is 5.91. The van der Waals surface area contributed by atoms with E-state index in [-0.39, 0.29) is 36.3 Å². The molecule has 8 nitrogen and oxygen atoms in total. The smallest absolute Gasteiger partial charge is 0.243 e. The largest absolute Gasteiger partial charge is 0.493 e. The average molecular weight is 400 g/mol. The molecule has 29 heavy (non-hydrogen) atoms. The summed E-state index contributed by atoms with van der Waals surface area (Å²) in [5.74, 6) is 0.332. The molecule has 0 spiro atoms. The molecule has 0 unspecified atom stereocenters. The molecule has 3 aliphatic heterocycles. The zero-order valence-corrected chi connectivity index (χ0v) is 16.7. The highest BCUT2D eigenvalue weighted by Gasteiger charge is 2.44. The highest BCUT2D eigenvalue weighted by Crippen LogP contribution is 2.33. The minimum Gasteiger partial charge on any atom is -0.493 e. The second kappa shape index (κ2) is 8.02. The summed E-state index contributed by atoms with van der Waals surface area (Å²) in [6.07, 6.45) is 2.72. The molecule has 3 N–H and O–H groups in total. The van der Waals surface area contributed by atoms with Gasteiger partial charge in [-0.15, -0.1) is 0 Å². The summed E-state index contributed by atoms with van der Waals surface area (Å²) in [5.41, 5.74) is 7.08. The molecule has 1 aromatic rings. The topological polar surface area (TPSA) is 105 Å². The molecule has 0 aliphatic carbocycles. The van der Waals surface area contributed by atoms with Crippen LogP contribution in [0.4, 0.5) is 0 Å². The van der Waals surface area contributed by atoms with Crippen molar-refractivity contribution < 1.29 is 19.1 Å². The van der Waals surface area contributed by atoms with Gasteiger partial charge >= 0.3 is 0 Å². The van der Waals surface area contributed by atoms with E-state index in [0.29, 0.717) is 32.4 Å². The predicted octanol–water partition coefficient (Wildman–Crippen LogP) is 0.566. The molecule has 0 bridgehead atoms. The van der Waals surface area contributed by atoms with Crippen LogP contribution in [0.2, 0.25) is 0 Å². The maximum Gasteiger partial charge on any atom is 0.243 e. The number of fused-ring (bicyclic) bond motifs is 2. The van der Waals surface area contributed by atoms with Crippen molar-refractivity contribution in [1.29, 1.82) is 0 Å². The lowest BCUT2D eigenvalue weighted by molar-refractivity contribution is -0.144. The van der Waals surface area contributed by atoms with Crippen molar-refractivity contribution in [3.8, 4) is 5.75 Å². The van der Waals surface area contributed by atoms with Gasteiger partial charge in [-0.2, -0.15) is 0 Å². The van der Waals surface area contributed by atoms with Crippen LogP contribution in [-0.2, 0) is 14.4 Å². The van der Waals surface area contributed by atoms with E-state index in [2.05, 4.69) is 5.32 Å². The van der Waals surface area contributed by atoms with E-state index in [1.807, 2.05) is 24.3 Å². The third kappa shape index (κ3) is 3.81. The van der Waals surface area contributed by atoms with Crippen molar-refractivity contribution >= 4 is 17.7 Å². The fraction of sp³-hybridized carbons (Fsp3) is 0.571. The summed E-state index contributed by atoms with van der Waals surface area (Å²) in [6, 6.07) is 6.20. The predicted molar refractivity (Wildman–Crippen MR) is 106 cm³/mol. The van der Waals surface area contributed by atoms with Gasteiger partial charge < -0.3 is 25.6 Å². The molecule has 4 rings (SSSR count). The Hall–Kier alpha value is -2.61. The number of hydrogen-bond acceptors (Lipinski definition) is 5. The van der Waals surface area contributed by atoms with Gasteiger partial charge in [0, 0.05) is 38.0 Å². The molecule has 8 heteroatoms. The Balaban J connectivity index is 1.49. The average Bonchev–Trinajstić information content (AvgIpc) is 3.13. The van der Waals surface area contributed by atoms with Crippen LogP contribution >= 0.6 is 0 Å². The van der Waals surface area contributed by atoms with Gasteiger partial charge in [-0.25, -0.2) is 0 Å². The number of nitrogens with one attached hydrogen (secondary N) is 1. The number of carbonyl (C=O) groups excluding carboxylic acids is 3. The first kappa shape index (κ1) is 19.7.